The molecule has 1 aliphatic heterocycles. The molecule has 0 bridgehead atoms. The largest absolute Gasteiger partial charge is 0.491 e. The van der Waals surface area contributed by atoms with Crippen molar-refractivity contribution in [2.75, 3.05) is 26.2 Å². The number of hydrogen-bond acceptors (Lipinski definition) is 5. The molecule has 1 fully saturated rings. The first-order chi connectivity index (χ1) is 18.2. The van der Waals surface area contributed by atoms with Crippen molar-refractivity contribution >= 4 is 0 Å². The van der Waals surface area contributed by atoms with Crippen LogP contribution in [0.15, 0.2) is 90.0 Å². The topological polar surface area (TPSA) is 71.2 Å². The Balaban J connectivity index is 1.52. The van der Waals surface area contributed by atoms with Crippen LogP contribution in [0, 0.1) is 11.3 Å². The van der Waals surface area contributed by atoms with E-state index in [0.29, 0.717) is 34.7 Å². The molecule has 0 unspecified atom stereocenters. The summed E-state index contributed by atoms with van der Waals surface area (Å²) in [4.78, 5) is 20.9. The standard InChI is InChI=1S/C31H30N4O2/c32-22-24-11-2-3-12-26(24)27-21-25(28-13-6-7-16-33-28)23-35(31(27)36)29-14-4-5-15-30(29)37-20-10-19-34-17-8-1-9-18-34/h2-7,11-16,21,23H,1,8-10,17-20H2. The number of aromatic nitrogens is 2. The van der Waals surface area contributed by atoms with Crippen LogP contribution in [-0.4, -0.2) is 40.7 Å². The van der Waals surface area contributed by atoms with Crippen molar-refractivity contribution in [1.82, 2.24) is 14.5 Å². The van der Waals surface area contributed by atoms with Gasteiger partial charge >= 0.3 is 0 Å². The van der Waals surface area contributed by atoms with E-state index in [0.717, 1.165) is 24.2 Å². The lowest BCUT2D eigenvalue weighted by Gasteiger charge is -2.26. The molecule has 2 aromatic heterocycles. The number of rotatable bonds is 8. The summed E-state index contributed by atoms with van der Waals surface area (Å²) in [5.74, 6) is 0.654. The molecule has 4 aromatic rings. The van der Waals surface area contributed by atoms with Crippen molar-refractivity contribution in [2.24, 2.45) is 0 Å². The van der Waals surface area contributed by atoms with Crippen LogP contribution in [0.4, 0.5) is 0 Å². The molecule has 1 aliphatic rings. The molecular weight excluding hydrogens is 460 g/mol. The third-order valence-electron chi connectivity index (χ3n) is 6.77. The van der Waals surface area contributed by atoms with Crippen LogP contribution in [0.25, 0.3) is 28.1 Å². The first kappa shape index (κ1) is 24.5. The van der Waals surface area contributed by atoms with Crippen molar-refractivity contribution in [2.45, 2.75) is 25.7 Å². The third-order valence-corrected chi connectivity index (χ3v) is 6.77. The molecule has 2 aromatic carbocycles. The van der Waals surface area contributed by atoms with Crippen molar-refractivity contribution in [3.8, 4) is 39.9 Å². The Hall–Kier alpha value is -4.21. The molecule has 0 spiro atoms. The predicted octanol–water partition coefficient (Wildman–Crippen LogP) is 5.69. The summed E-state index contributed by atoms with van der Waals surface area (Å²) in [5.41, 5.74) is 3.47. The van der Waals surface area contributed by atoms with Gasteiger partial charge in [0.15, 0.2) is 0 Å². The van der Waals surface area contributed by atoms with E-state index in [4.69, 9.17) is 4.74 Å². The molecule has 0 atom stereocenters. The van der Waals surface area contributed by atoms with Crippen LogP contribution < -0.4 is 10.3 Å². The molecule has 3 heterocycles. The second-order valence-electron chi connectivity index (χ2n) is 9.26. The van der Waals surface area contributed by atoms with Crippen molar-refractivity contribution in [3.05, 3.63) is 101 Å². The van der Waals surface area contributed by atoms with E-state index >= 15 is 0 Å². The highest BCUT2D eigenvalue weighted by Gasteiger charge is 2.17. The number of ether oxygens (including phenoxy) is 1. The lowest BCUT2D eigenvalue weighted by Crippen LogP contribution is -2.31. The maximum absolute atomic E-state index is 13.9. The van der Waals surface area contributed by atoms with E-state index in [1.54, 1.807) is 29.1 Å². The van der Waals surface area contributed by atoms with E-state index in [1.165, 1.54) is 32.4 Å². The van der Waals surface area contributed by atoms with Gasteiger partial charge in [0.05, 0.1) is 29.6 Å². The monoisotopic (exact) mass is 490 g/mol. The Morgan fingerprint density at radius 1 is 0.919 bits per heavy atom. The van der Waals surface area contributed by atoms with E-state index in [9.17, 15) is 10.1 Å². The Morgan fingerprint density at radius 3 is 2.51 bits per heavy atom. The fourth-order valence-electron chi connectivity index (χ4n) is 4.87. The second kappa shape index (κ2) is 11.7. The lowest BCUT2D eigenvalue weighted by atomic mass is 9.99. The zero-order valence-electron chi connectivity index (χ0n) is 20.8. The summed E-state index contributed by atoms with van der Waals surface area (Å²) in [6.07, 6.45) is 8.34. The minimum Gasteiger partial charge on any atom is -0.491 e. The zero-order valence-corrected chi connectivity index (χ0v) is 20.8. The maximum Gasteiger partial charge on any atom is 0.263 e. The lowest BCUT2D eigenvalue weighted by molar-refractivity contribution is 0.205. The van der Waals surface area contributed by atoms with E-state index in [1.807, 2.05) is 60.7 Å². The third kappa shape index (κ3) is 5.63. The summed E-state index contributed by atoms with van der Waals surface area (Å²) in [6.45, 7) is 3.93. The molecule has 0 radical (unpaired) electrons. The predicted molar refractivity (Wildman–Crippen MR) is 146 cm³/mol. The van der Waals surface area contributed by atoms with Gasteiger partial charge in [0, 0.05) is 35.6 Å². The van der Waals surface area contributed by atoms with Crippen LogP contribution in [0.3, 0.4) is 0 Å². The van der Waals surface area contributed by atoms with Gasteiger partial charge in [-0.05, 0) is 68.8 Å². The highest BCUT2D eigenvalue weighted by Crippen LogP contribution is 2.28. The Morgan fingerprint density at radius 2 is 1.70 bits per heavy atom. The molecule has 6 nitrogen and oxygen atoms in total. The van der Waals surface area contributed by atoms with Gasteiger partial charge in [-0.2, -0.15) is 5.26 Å². The Labute approximate surface area is 217 Å². The molecule has 0 saturated carbocycles. The molecule has 6 heteroatoms. The number of hydrogen-bond donors (Lipinski definition) is 0. The van der Waals surface area contributed by atoms with Gasteiger partial charge in [-0.1, -0.05) is 42.8 Å². The van der Waals surface area contributed by atoms with Crippen LogP contribution in [-0.2, 0) is 0 Å². The maximum atomic E-state index is 13.9. The van der Waals surface area contributed by atoms with Gasteiger partial charge < -0.3 is 9.64 Å². The summed E-state index contributed by atoms with van der Waals surface area (Å²) in [5, 5.41) is 9.71. The minimum atomic E-state index is -0.216. The molecule has 37 heavy (non-hydrogen) atoms. The van der Waals surface area contributed by atoms with E-state index < -0.39 is 0 Å². The molecular formula is C31H30N4O2. The van der Waals surface area contributed by atoms with Crippen molar-refractivity contribution in [3.63, 3.8) is 0 Å². The number of nitriles is 1. The molecule has 186 valence electrons. The minimum absolute atomic E-state index is 0.216. The fraction of sp³-hybridized carbons (Fsp3) is 0.258. The second-order valence-corrected chi connectivity index (χ2v) is 9.26. The molecule has 0 amide bonds. The average Bonchev–Trinajstić information content (AvgIpc) is 2.97. The number of likely N-dealkylation sites (tertiary alicyclic amines) is 1. The smallest absolute Gasteiger partial charge is 0.263 e. The van der Waals surface area contributed by atoms with Gasteiger partial charge in [-0.15, -0.1) is 0 Å². The number of para-hydroxylation sites is 2. The van der Waals surface area contributed by atoms with Gasteiger partial charge in [0.25, 0.3) is 5.56 Å². The van der Waals surface area contributed by atoms with Crippen molar-refractivity contribution < 1.29 is 4.74 Å². The van der Waals surface area contributed by atoms with Gasteiger partial charge in [0.1, 0.15) is 5.75 Å². The number of piperidine rings is 1. The van der Waals surface area contributed by atoms with Crippen LogP contribution >= 0.6 is 0 Å². The summed E-state index contributed by atoms with van der Waals surface area (Å²) in [7, 11) is 0. The highest BCUT2D eigenvalue weighted by atomic mass is 16.5. The van der Waals surface area contributed by atoms with Gasteiger partial charge in [0.2, 0.25) is 0 Å². The average molecular weight is 491 g/mol. The normalized spacial score (nSPS) is 13.7. The fourth-order valence-corrected chi connectivity index (χ4v) is 4.87. The number of pyridine rings is 2. The molecule has 5 rings (SSSR count). The Kier molecular flexibility index (Phi) is 7.73. The van der Waals surface area contributed by atoms with Crippen LogP contribution in [0.5, 0.6) is 5.75 Å². The molecule has 1 saturated heterocycles. The molecule has 0 N–H and O–H groups in total. The van der Waals surface area contributed by atoms with E-state index in [2.05, 4.69) is 16.0 Å². The van der Waals surface area contributed by atoms with Crippen LogP contribution in [0.1, 0.15) is 31.2 Å². The van der Waals surface area contributed by atoms with Gasteiger partial charge in [-0.3, -0.25) is 14.3 Å². The van der Waals surface area contributed by atoms with E-state index in [-0.39, 0.29) is 5.56 Å². The summed E-state index contributed by atoms with van der Waals surface area (Å²) in [6, 6.07) is 24.5. The first-order valence-corrected chi connectivity index (χ1v) is 12.9. The summed E-state index contributed by atoms with van der Waals surface area (Å²) < 4.78 is 7.84. The van der Waals surface area contributed by atoms with Crippen molar-refractivity contribution in [1.29, 1.82) is 5.26 Å². The number of nitrogens with zero attached hydrogens (tertiary/aromatic N) is 4. The first-order valence-electron chi connectivity index (χ1n) is 12.9. The Bertz CT molecular complexity index is 1450. The SMILES string of the molecule is N#Cc1ccccc1-c1cc(-c2ccccn2)cn(-c2ccccc2OCCCN2CCCCC2)c1=O. The molecule has 0 aliphatic carbocycles. The number of benzene rings is 2. The van der Waals surface area contributed by atoms with Crippen LogP contribution in [0.2, 0.25) is 0 Å². The summed E-state index contributed by atoms with van der Waals surface area (Å²) >= 11 is 0. The highest BCUT2D eigenvalue weighted by molar-refractivity contribution is 5.75. The van der Waals surface area contributed by atoms with Gasteiger partial charge in [-0.25, -0.2) is 0 Å². The quantitative estimate of drug-likeness (QED) is 0.297. The zero-order chi connectivity index (χ0) is 25.5.